The third-order valence-electron chi connectivity index (χ3n) is 7.22. The second-order valence-electron chi connectivity index (χ2n) is 10.9. The van der Waals surface area contributed by atoms with E-state index in [-0.39, 0.29) is 43.8 Å². The molecular weight excluding hydrogens is 570 g/mol. The standard InChI is InChI=1S/C33H42ClN3O4S/c1-6-26(4)35-33(39)31(22-27-13-8-7-9-14-27)36(23-28-15-10-11-16-30(28)34)32(38)17-12-18-37(42(5,40)41)29-20-24(2)19-25(3)21-29/h7-11,13-16,19-21,26,31H,6,12,17-18,22-23H2,1-5H3,(H,35,39). The van der Waals surface area contributed by atoms with Crippen molar-refractivity contribution in [1.82, 2.24) is 10.2 Å². The van der Waals surface area contributed by atoms with Crippen molar-refractivity contribution < 1.29 is 18.0 Å². The zero-order valence-corrected chi connectivity index (χ0v) is 26.7. The molecule has 2 amide bonds. The summed E-state index contributed by atoms with van der Waals surface area (Å²) in [6.45, 7) is 8.05. The monoisotopic (exact) mass is 611 g/mol. The Morgan fingerprint density at radius 2 is 1.57 bits per heavy atom. The number of anilines is 1. The summed E-state index contributed by atoms with van der Waals surface area (Å²) in [6, 6.07) is 21.7. The molecule has 0 spiro atoms. The third-order valence-corrected chi connectivity index (χ3v) is 8.78. The summed E-state index contributed by atoms with van der Waals surface area (Å²) in [6.07, 6.45) is 2.59. The van der Waals surface area contributed by atoms with Gasteiger partial charge in [-0.3, -0.25) is 13.9 Å². The van der Waals surface area contributed by atoms with Gasteiger partial charge in [0, 0.05) is 37.0 Å². The number of carbonyl (C=O) groups excluding carboxylic acids is 2. The largest absolute Gasteiger partial charge is 0.352 e. The number of hydrogen-bond donors (Lipinski definition) is 1. The van der Waals surface area contributed by atoms with E-state index in [0.717, 1.165) is 28.7 Å². The summed E-state index contributed by atoms with van der Waals surface area (Å²) in [7, 11) is -3.58. The fourth-order valence-corrected chi connectivity index (χ4v) is 6.05. The molecule has 0 saturated heterocycles. The fraction of sp³-hybridized carbons (Fsp3) is 0.394. The molecular formula is C33H42ClN3O4S. The van der Waals surface area contributed by atoms with E-state index in [2.05, 4.69) is 5.32 Å². The minimum atomic E-state index is -3.58. The fourth-order valence-electron chi connectivity index (χ4n) is 4.90. The van der Waals surface area contributed by atoms with Crippen LogP contribution in [0.15, 0.2) is 72.8 Å². The number of carbonyl (C=O) groups is 2. The molecule has 0 fully saturated rings. The Balaban J connectivity index is 1.91. The maximum Gasteiger partial charge on any atom is 0.243 e. The van der Waals surface area contributed by atoms with E-state index in [9.17, 15) is 18.0 Å². The van der Waals surface area contributed by atoms with Gasteiger partial charge in [0.05, 0.1) is 11.9 Å². The number of nitrogens with zero attached hydrogens (tertiary/aromatic N) is 2. The van der Waals surface area contributed by atoms with Crippen LogP contribution in [0.1, 0.15) is 55.4 Å². The first-order chi connectivity index (χ1) is 19.9. The highest BCUT2D eigenvalue weighted by Gasteiger charge is 2.31. The van der Waals surface area contributed by atoms with E-state index in [1.165, 1.54) is 10.6 Å². The lowest BCUT2D eigenvalue weighted by Crippen LogP contribution is -2.52. The van der Waals surface area contributed by atoms with Gasteiger partial charge in [-0.15, -0.1) is 0 Å². The highest BCUT2D eigenvalue weighted by atomic mass is 35.5. The summed E-state index contributed by atoms with van der Waals surface area (Å²) in [5.74, 6) is -0.481. The lowest BCUT2D eigenvalue weighted by atomic mass is 10.0. The molecule has 2 unspecified atom stereocenters. The number of sulfonamides is 1. The number of halogens is 1. The molecule has 0 heterocycles. The average molecular weight is 612 g/mol. The number of amides is 2. The van der Waals surface area contributed by atoms with Gasteiger partial charge in [0.1, 0.15) is 6.04 Å². The van der Waals surface area contributed by atoms with Gasteiger partial charge in [-0.2, -0.15) is 0 Å². The van der Waals surface area contributed by atoms with Crippen molar-refractivity contribution in [1.29, 1.82) is 0 Å². The quantitative estimate of drug-likeness (QED) is 0.240. The van der Waals surface area contributed by atoms with Crippen molar-refractivity contribution in [2.45, 2.75) is 72.0 Å². The van der Waals surface area contributed by atoms with Gasteiger partial charge < -0.3 is 10.2 Å². The molecule has 0 saturated carbocycles. The Labute approximate surface area is 255 Å². The summed E-state index contributed by atoms with van der Waals surface area (Å²) in [5.41, 5.74) is 4.14. The number of aryl methyl sites for hydroxylation is 2. The SMILES string of the molecule is CCC(C)NC(=O)C(Cc1ccccc1)N(Cc1ccccc1Cl)C(=O)CCCN(c1cc(C)cc(C)c1)S(C)(=O)=O. The molecule has 42 heavy (non-hydrogen) atoms. The molecule has 1 N–H and O–H groups in total. The van der Waals surface area contributed by atoms with Crippen LogP contribution in [-0.2, 0) is 32.6 Å². The summed E-state index contributed by atoms with van der Waals surface area (Å²) in [5, 5.41) is 3.57. The molecule has 0 aliphatic carbocycles. The first-order valence-corrected chi connectivity index (χ1v) is 16.5. The molecule has 0 aliphatic heterocycles. The van der Waals surface area contributed by atoms with E-state index in [4.69, 9.17) is 11.6 Å². The Bertz CT molecular complexity index is 1440. The normalized spacial score (nSPS) is 12.8. The summed E-state index contributed by atoms with van der Waals surface area (Å²) in [4.78, 5) is 29.2. The molecule has 0 bridgehead atoms. The van der Waals surface area contributed by atoms with Gasteiger partial charge >= 0.3 is 0 Å². The van der Waals surface area contributed by atoms with Crippen LogP contribution in [-0.4, -0.2) is 50.0 Å². The summed E-state index contributed by atoms with van der Waals surface area (Å²) >= 11 is 6.50. The lowest BCUT2D eigenvalue weighted by molar-refractivity contribution is -0.141. The van der Waals surface area contributed by atoms with Crippen molar-refractivity contribution in [3.05, 3.63) is 100 Å². The first-order valence-electron chi connectivity index (χ1n) is 14.3. The topological polar surface area (TPSA) is 86.8 Å². The first kappa shape index (κ1) is 33.1. The number of hydrogen-bond acceptors (Lipinski definition) is 4. The second kappa shape index (κ2) is 15.2. The zero-order valence-electron chi connectivity index (χ0n) is 25.1. The van der Waals surface area contributed by atoms with Crippen LogP contribution in [0.4, 0.5) is 5.69 Å². The van der Waals surface area contributed by atoms with Gasteiger partial charge in [-0.1, -0.05) is 73.1 Å². The van der Waals surface area contributed by atoms with Gasteiger partial charge in [-0.25, -0.2) is 8.42 Å². The minimum Gasteiger partial charge on any atom is -0.352 e. The molecule has 7 nitrogen and oxygen atoms in total. The molecule has 0 radical (unpaired) electrons. The Morgan fingerprint density at radius 1 is 0.952 bits per heavy atom. The van der Waals surface area contributed by atoms with Crippen molar-refractivity contribution >= 4 is 39.1 Å². The number of rotatable bonds is 14. The maximum absolute atomic E-state index is 14.0. The highest BCUT2D eigenvalue weighted by Crippen LogP contribution is 2.24. The third kappa shape index (κ3) is 9.60. The van der Waals surface area contributed by atoms with E-state index < -0.39 is 16.1 Å². The molecule has 3 aromatic carbocycles. The minimum absolute atomic E-state index is 0.0587. The van der Waals surface area contributed by atoms with E-state index >= 15 is 0 Å². The van der Waals surface area contributed by atoms with E-state index in [0.29, 0.717) is 17.1 Å². The van der Waals surface area contributed by atoms with Crippen LogP contribution in [0.25, 0.3) is 0 Å². The molecule has 0 aliphatic rings. The number of nitrogens with one attached hydrogen (secondary N) is 1. The molecule has 2 atom stereocenters. The Morgan fingerprint density at radius 3 is 2.17 bits per heavy atom. The van der Waals surface area contributed by atoms with E-state index in [1.807, 2.05) is 94.4 Å². The van der Waals surface area contributed by atoms with Crippen molar-refractivity contribution in [2.75, 3.05) is 17.1 Å². The van der Waals surface area contributed by atoms with Crippen LogP contribution in [0.2, 0.25) is 5.02 Å². The molecule has 3 rings (SSSR count). The second-order valence-corrected chi connectivity index (χ2v) is 13.2. The molecule has 226 valence electrons. The van der Waals surface area contributed by atoms with Gasteiger partial charge in [0.15, 0.2) is 0 Å². The van der Waals surface area contributed by atoms with Crippen LogP contribution in [0, 0.1) is 13.8 Å². The van der Waals surface area contributed by atoms with Crippen molar-refractivity contribution in [3.8, 4) is 0 Å². The number of benzene rings is 3. The van der Waals surface area contributed by atoms with Crippen LogP contribution < -0.4 is 9.62 Å². The Hall–Kier alpha value is -3.36. The average Bonchev–Trinajstić information content (AvgIpc) is 2.93. The predicted octanol–water partition coefficient (Wildman–Crippen LogP) is 6.06. The molecule has 0 aromatic heterocycles. The van der Waals surface area contributed by atoms with Crippen molar-refractivity contribution in [2.24, 2.45) is 0 Å². The lowest BCUT2D eigenvalue weighted by Gasteiger charge is -2.33. The smallest absolute Gasteiger partial charge is 0.243 e. The summed E-state index contributed by atoms with van der Waals surface area (Å²) < 4.78 is 26.8. The predicted molar refractivity (Wildman–Crippen MR) is 171 cm³/mol. The van der Waals surface area contributed by atoms with Gasteiger partial charge in [0.25, 0.3) is 0 Å². The van der Waals surface area contributed by atoms with Crippen molar-refractivity contribution in [3.63, 3.8) is 0 Å². The van der Waals surface area contributed by atoms with Gasteiger partial charge in [0.2, 0.25) is 21.8 Å². The van der Waals surface area contributed by atoms with E-state index in [1.54, 1.807) is 11.0 Å². The maximum atomic E-state index is 14.0. The van der Waals surface area contributed by atoms with Crippen LogP contribution >= 0.6 is 11.6 Å². The van der Waals surface area contributed by atoms with Crippen LogP contribution in [0.5, 0.6) is 0 Å². The molecule has 3 aromatic rings. The van der Waals surface area contributed by atoms with Gasteiger partial charge in [-0.05, 0) is 74.1 Å². The highest BCUT2D eigenvalue weighted by molar-refractivity contribution is 7.92. The zero-order chi connectivity index (χ0) is 30.9. The van der Waals surface area contributed by atoms with Crippen LogP contribution in [0.3, 0.4) is 0 Å². The molecule has 9 heteroatoms. The Kier molecular flexibility index (Phi) is 12.0.